The lowest BCUT2D eigenvalue weighted by Crippen LogP contribution is -2.41. The lowest BCUT2D eigenvalue weighted by atomic mass is 10.2. The molecule has 1 aliphatic heterocycles. The molecule has 0 saturated carbocycles. The van der Waals surface area contributed by atoms with E-state index in [2.05, 4.69) is 43.0 Å². The van der Waals surface area contributed by atoms with Gasteiger partial charge >= 0.3 is 6.09 Å². The molecule has 0 aromatic carbocycles. The second kappa shape index (κ2) is 7.42. The number of nitrogens with zero attached hydrogens (tertiary/aromatic N) is 4. The van der Waals surface area contributed by atoms with E-state index in [0.29, 0.717) is 34.3 Å². The van der Waals surface area contributed by atoms with E-state index in [9.17, 15) is 10.1 Å². The quantitative estimate of drug-likeness (QED) is 0.685. The molecule has 1 aromatic heterocycles. The van der Waals surface area contributed by atoms with E-state index >= 15 is 0 Å². The van der Waals surface area contributed by atoms with E-state index in [1.807, 2.05) is 20.8 Å². The van der Waals surface area contributed by atoms with Crippen molar-refractivity contribution in [1.82, 2.24) is 14.7 Å². The third-order valence-corrected chi connectivity index (χ3v) is 4.96. The van der Waals surface area contributed by atoms with Crippen LogP contribution in [0.5, 0.6) is 0 Å². The molecule has 2 rings (SSSR count). The number of carbonyl (C=O) groups is 1. The summed E-state index contributed by atoms with van der Waals surface area (Å²) < 4.78 is 13.6. The summed E-state index contributed by atoms with van der Waals surface area (Å²) >= 11 is 6.71. The molecule has 132 valence electrons. The summed E-state index contributed by atoms with van der Waals surface area (Å²) in [6.45, 7) is 6.37. The van der Waals surface area contributed by atoms with Crippen LogP contribution >= 0.6 is 31.9 Å². The van der Waals surface area contributed by atoms with Crippen molar-refractivity contribution in [3.63, 3.8) is 0 Å². The fourth-order valence-corrected chi connectivity index (χ4v) is 4.04. The molecule has 1 amide bonds. The van der Waals surface area contributed by atoms with Crippen molar-refractivity contribution in [2.75, 3.05) is 20.3 Å². The lowest BCUT2D eigenvalue weighted by molar-refractivity contribution is 0.0145. The molecule has 0 spiro atoms. The van der Waals surface area contributed by atoms with Gasteiger partial charge < -0.3 is 14.4 Å². The summed E-state index contributed by atoms with van der Waals surface area (Å²) in [5.41, 5.74) is -0.121. The maximum Gasteiger partial charge on any atom is 0.410 e. The van der Waals surface area contributed by atoms with Gasteiger partial charge in [-0.2, -0.15) is 10.4 Å². The summed E-state index contributed by atoms with van der Waals surface area (Å²) in [4.78, 5) is 14.2. The van der Waals surface area contributed by atoms with Crippen LogP contribution in [-0.4, -0.2) is 52.7 Å². The molecule has 1 aromatic rings. The summed E-state index contributed by atoms with van der Waals surface area (Å²) in [5, 5.41) is 13.6. The SMILES string of the molecule is COC[C@H]1CC(n2nc(Br)c(C#N)c2Br)CN1C(=O)OC(C)(C)C. The molecule has 1 unspecified atom stereocenters. The van der Waals surface area contributed by atoms with Gasteiger partial charge in [-0.1, -0.05) is 0 Å². The fourth-order valence-electron chi connectivity index (χ4n) is 2.69. The van der Waals surface area contributed by atoms with Gasteiger partial charge in [-0.25, -0.2) is 4.79 Å². The fraction of sp³-hybridized carbons (Fsp3) is 0.667. The van der Waals surface area contributed by atoms with Crippen LogP contribution in [0.25, 0.3) is 0 Å². The molecule has 2 atom stereocenters. The van der Waals surface area contributed by atoms with Gasteiger partial charge in [0, 0.05) is 13.7 Å². The van der Waals surface area contributed by atoms with Crippen molar-refractivity contribution in [3.8, 4) is 6.07 Å². The van der Waals surface area contributed by atoms with Crippen LogP contribution in [0.4, 0.5) is 4.79 Å². The predicted molar refractivity (Wildman–Crippen MR) is 94.6 cm³/mol. The van der Waals surface area contributed by atoms with Crippen molar-refractivity contribution in [2.24, 2.45) is 0 Å². The maximum absolute atomic E-state index is 12.5. The van der Waals surface area contributed by atoms with Crippen LogP contribution in [0.3, 0.4) is 0 Å². The van der Waals surface area contributed by atoms with Crippen LogP contribution in [0.2, 0.25) is 0 Å². The Labute approximate surface area is 158 Å². The van der Waals surface area contributed by atoms with Crippen LogP contribution in [0.1, 0.15) is 38.8 Å². The Balaban J connectivity index is 2.24. The van der Waals surface area contributed by atoms with Gasteiger partial charge in [0.05, 0.1) is 18.7 Å². The number of ether oxygens (including phenoxy) is 2. The topological polar surface area (TPSA) is 80.4 Å². The highest BCUT2D eigenvalue weighted by atomic mass is 79.9. The van der Waals surface area contributed by atoms with E-state index in [0.717, 1.165) is 0 Å². The average Bonchev–Trinajstić information content (AvgIpc) is 2.99. The molecular weight excluding hydrogens is 444 g/mol. The van der Waals surface area contributed by atoms with Crippen molar-refractivity contribution in [2.45, 2.75) is 44.9 Å². The minimum absolute atomic E-state index is 0.0644. The Kier molecular flexibility index (Phi) is 5.94. The van der Waals surface area contributed by atoms with Gasteiger partial charge in [0.1, 0.15) is 26.4 Å². The minimum Gasteiger partial charge on any atom is -0.444 e. The molecule has 0 aliphatic carbocycles. The summed E-state index contributed by atoms with van der Waals surface area (Å²) in [6.07, 6.45) is 0.305. The first-order valence-electron chi connectivity index (χ1n) is 7.50. The first-order chi connectivity index (χ1) is 11.2. The molecule has 2 heterocycles. The van der Waals surface area contributed by atoms with Crippen molar-refractivity contribution in [3.05, 3.63) is 14.8 Å². The predicted octanol–water partition coefficient (Wildman–Crippen LogP) is 3.48. The highest BCUT2D eigenvalue weighted by molar-refractivity contribution is 9.11. The highest BCUT2D eigenvalue weighted by Gasteiger charge is 2.39. The standard InChI is InChI=1S/C15H20Br2N4O3/c1-15(2,3)24-14(22)20-7-9(5-10(20)8-23-4)21-13(17)11(6-18)12(16)19-21/h9-10H,5,7-8H2,1-4H3/t9?,10-/m1/s1. The van der Waals surface area contributed by atoms with Gasteiger partial charge in [0.2, 0.25) is 0 Å². The van der Waals surface area contributed by atoms with Gasteiger partial charge in [0.25, 0.3) is 0 Å². The molecule has 24 heavy (non-hydrogen) atoms. The number of aromatic nitrogens is 2. The van der Waals surface area contributed by atoms with Crippen molar-refractivity contribution in [1.29, 1.82) is 5.26 Å². The van der Waals surface area contributed by atoms with E-state index in [1.165, 1.54) is 0 Å². The van der Waals surface area contributed by atoms with Gasteiger partial charge in [-0.15, -0.1) is 0 Å². The zero-order valence-corrected chi connectivity index (χ0v) is 17.2. The number of halogens is 2. The molecule has 7 nitrogen and oxygen atoms in total. The number of nitriles is 1. The Morgan fingerprint density at radius 2 is 2.12 bits per heavy atom. The minimum atomic E-state index is -0.559. The van der Waals surface area contributed by atoms with E-state index in [4.69, 9.17) is 9.47 Å². The second-order valence-corrected chi connectivity index (χ2v) is 8.15. The monoisotopic (exact) mass is 462 g/mol. The Bertz CT molecular complexity index is 663. The molecule has 1 fully saturated rings. The van der Waals surface area contributed by atoms with Crippen LogP contribution in [0, 0.1) is 11.3 Å². The molecule has 0 radical (unpaired) electrons. The van der Waals surface area contributed by atoms with Crippen LogP contribution < -0.4 is 0 Å². The summed E-state index contributed by atoms with van der Waals surface area (Å²) in [5.74, 6) is 0. The summed E-state index contributed by atoms with van der Waals surface area (Å²) in [7, 11) is 1.61. The van der Waals surface area contributed by atoms with E-state index < -0.39 is 5.60 Å². The number of hydrogen-bond acceptors (Lipinski definition) is 5. The third kappa shape index (κ3) is 4.10. The Morgan fingerprint density at radius 1 is 1.46 bits per heavy atom. The smallest absolute Gasteiger partial charge is 0.410 e. The van der Waals surface area contributed by atoms with Crippen molar-refractivity contribution >= 4 is 38.0 Å². The third-order valence-electron chi connectivity index (χ3n) is 3.65. The lowest BCUT2D eigenvalue weighted by Gasteiger charge is -2.28. The zero-order valence-electron chi connectivity index (χ0n) is 14.0. The van der Waals surface area contributed by atoms with Crippen LogP contribution in [0.15, 0.2) is 9.21 Å². The van der Waals surface area contributed by atoms with Crippen molar-refractivity contribution < 1.29 is 14.3 Å². The first-order valence-corrected chi connectivity index (χ1v) is 9.08. The average molecular weight is 464 g/mol. The number of methoxy groups -OCH3 is 1. The molecule has 0 N–H and O–H groups in total. The molecule has 0 bridgehead atoms. The highest BCUT2D eigenvalue weighted by Crippen LogP contribution is 2.34. The molecule has 1 aliphatic rings. The second-order valence-electron chi connectivity index (χ2n) is 6.64. The van der Waals surface area contributed by atoms with E-state index in [1.54, 1.807) is 16.7 Å². The van der Waals surface area contributed by atoms with Crippen LogP contribution in [-0.2, 0) is 9.47 Å². The number of amides is 1. The Morgan fingerprint density at radius 3 is 2.62 bits per heavy atom. The molecular formula is C15H20Br2N4O3. The maximum atomic E-state index is 12.5. The summed E-state index contributed by atoms with van der Waals surface area (Å²) in [6, 6.07) is 1.94. The van der Waals surface area contributed by atoms with Gasteiger partial charge in [-0.3, -0.25) is 4.68 Å². The number of hydrogen-bond donors (Lipinski definition) is 0. The normalized spacial score (nSPS) is 21.0. The van der Waals surface area contributed by atoms with Gasteiger partial charge in [0.15, 0.2) is 0 Å². The molecule has 9 heteroatoms. The number of carbonyl (C=O) groups excluding carboxylic acids is 1. The molecule has 1 saturated heterocycles. The zero-order chi connectivity index (χ0) is 18.1. The Hall–Kier alpha value is -1.11. The number of likely N-dealkylation sites (tertiary alicyclic amines) is 1. The number of rotatable bonds is 3. The largest absolute Gasteiger partial charge is 0.444 e. The van der Waals surface area contributed by atoms with Gasteiger partial charge in [-0.05, 0) is 59.1 Å². The first kappa shape index (κ1) is 19.2. The van der Waals surface area contributed by atoms with E-state index in [-0.39, 0.29) is 18.2 Å².